The van der Waals surface area contributed by atoms with Gasteiger partial charge in [0.2, 0.25) is 0 Å². The minimum Gasteiger partial charge on any atom is -0.497 e. The lowest BCUT2D eigenvalue weighted by atomic mass is 10.1. The highest BCUT2D eigenvalue weighted by Crippen LogP contribution is 2.25. The molecule has 3 rings (SSSR count). The number of quaternary nitrogens is 1. The summed E-state index contributed by atoms with van der Waals surface area (Å²) in [7, 11) is 4.85. The molecule has 1 fully saturated rings. The first-order chi connectivity index (χ1) is 13.1. The van der Waals surface area contributed by atoms with Gasteiger partial charge in [0.15, 0.2) is 0 Å². The van der Waals surface area contributed by atoms with Gasteiger partial charge in [-0.25, -0.2) is 0 Å². The van der Waals surface area contributed by atoms with Crippen molar-refractivity contribution < 1.29 is 23.9 Å². The van der Waals surface area contributed by atoms with Gasteiger partial charge in [-0.2, -0.15) is 0 Å². The Morgan fingerprint density at radius 2 is 1.56 bits per heavy atom. The molecule has 6 nitrogen and oxygen atoms in total. The zero-order valence-electron chi connectivity index (χ0n) is 16.2. The molecule has 2 aromatic carbocycles. The molecule has 1 heterocycles. The second kappa shape index (κ2) is 8.77. The number of hydrogen-bond acceptors (Lipinski definition) is 4. The van der Waals surface area contributed by atoms with Crippen LogP contribution in [0, 0.1) is 0 Å². The largest absolute Gasteiger partial charge is 0.497 e. The lowest BCUT2D eigenvalue weighted by Crippen LogP contribution is -3.13. The third kappa shape index (κ3) is 4.52. The van der Waals surface area contributed by atoms with Crippen LogP contribution in [0.25, 0.3) is 0 Å². The summed E-state index contributed by atoms with van der Waals surface area (Å²) in [6.45, 7) is 4.28. The van der Waals surface area contributed by atoms with Crippen molar-refractivity contribution in [3.63, 3.8) is 0 Å². The van der Waals surface area contributed by atoms with Crippen molar-refractivity contribution in [3.8, 4) is 17.2 Å². The van der Waals surface area contributed by atoms with Crippen LogP contribution in [0.1, 0.15) is 15.9 Å². The van der Waals surface area contributed by atoms with Crippen LogP contribution in [0.3, 0.4) is 0 Å². The normalized spacial score (nSPS) is 14.7. The van der Waals surface area contributed by atoms with Crippen LogP contribution in [0.4, 0.5) is 0 Å². The summed E-state index contributed by atoms with van der Waals surface area (Å²) in [4.78, 5) is 16.3. The number of amides is 1. The van der Waals surface area contributed by atoms with Crippen molar-refractivity contribution in [2.24, 2.45) is 0 Å². The predicted molar refractivity (Wildman–Crippen MR) is 103 cm³/mol. The quantitative estimate of drug-likeness (QED) is 0.831. The number of rotatable bonds is 6. The molecule has 1 amide bonds. The molecular weight excluding hydrogens is 344 g/mol. The monoisotopic (exact) mass is 371 g/mol. The molecule has 1 saturated heterocycles. The van der Waals surface area contributed by atoms with E-state index < -0.39 is 0 Å². The minimum absolute atomic E-state index is 0.0120. The van der Waals surface area contributed by atoms with E-state index in [0.29, 0.717) is 17.1 Å². The summed E-state index contributed by atoms with van der Waals surface area (Å²) < 4.78 is 15.8. The highest BCUT2D eigenvalue weighted by Gasteiger charge is 2.26. The van der Waals surface area contributed by atoms with E-state index in [1.54, 1.807) is 39.5 Å². The average Bonchev–Trinajstić information content (AvgIpc) is 2.73. The van der Waals surface area contributed by atoms with E-state index >= 15 is 0 Å². The fraction of sp³-hybridized carbons (Fsp3) is 0.381. The zero-order chi connectivity index (χ0) is 19.2. The Hall–Kier alpha value is -2.73. The number of piperazine rings is 1. The molecule has 144 valence electrons. The Balaban J connectivity index is 1.59. The number of carbonyl (C=O) groups is 1. The van der Waals surface area contributed by atoms with Crippen molar-refractivity contribution >= 4 is 5.91 Å². The van der Waals surface area contributed by atoms with Crippen LogP contribution >= 0.6 is 0 Å². The number of methoxy groups -OCH3 is 3. The van der Waals surface area contributed by atoms with E-state index in [-0.39, 0.29) is 5.91 Å². The third-order valence-electron chi connectivity index (χ3n) is 5.01. The smallest absolute Gasteiger partial charge is 0.258 e. The Bertz CT molecular complexity index is 768. The van der Waals surface area contributed by atoms with Gasteiger partial charge < -0.3 is 24.0 Å². The van der Waals surface area contributed by atoms with Crippen molar-refractivity contribution in [1.82, 2.24) is 4.90 Å². The highest BCUT2D eigenvalue weighted by atomic mass is 16.5. The van der Waals surface area contributed by atoms with Gasteiger partial charge in [0.05, 0.1) is 53.1 Å². The molecule has 1 aliphatic rings. The van der Waals surface area contributed by atoms with Crippen molar-refractivity contribution in [2.45, 2.75) is 6.54 Å². The minimum atomic E-state index is 0.0120. The standard InChI is InChI=1S/C21H26N2O4/c1-25-17-6-4-16(5-7-17)15-22-10-12-23(13-11-22)21(24)19-9-8-18(26-2)14-20(19)27-3/h4-9,14H,10-13,15H2,1-3H3/p+1. The summed E-state index contributed by atoms with van der Waals surface area (Å²) in [6, 6.07) is 13.5. The van der Waals surface area contributed by atoms with E-state index in [4.69, 9.17) is 14.2 Å². The van der Waals surface area contributed by atoms with Gasteiger partial charge in [-0.15, -0.1) is 0 Å². The molecule has 6 heteroatoms. The van der Waals surface area contributed by atoms with E-state index in [1.807, 2.05) is 17.0 Å². The lowest BCUT2D eigenvalue weighted by Gasteiger charge is -2.32. The van der Waals surface area contributed by atoms with Crippen LogP contribution in [-0.2, 0) is 6.54 Å². The van der Waals surface area contributed by atoms with Crippen molar-refractivity contribution in [1.29, 1.82) is 0 Å². The first kappa shape index (κ1) is 19.0. The Labute approximate surface area is 160 Å². The average molecular weight is 371 g/mol. The van der Waals surface area contributed by atoms with Crippen molar-refractivity contribution in [2.75, 3.05) is 47.5 Å². The molecule has 0 saturated carbocycles. The number of hydrogen-bond donors (Lipinski definition) is 1. The van der Waals surface area contributed by atoms with Crippen LogP contribution < -0.4 is 19.1 Å². The number of nitrogens with one attached hydrogen (secondary N) is 1. The van der Waals surface area contributed by atoms with Gasteiger partial charge in [0.25, 0.3) is 5.91 Å². The van der Waals surface area contributed by atoms with E-state index in [1.165, 1.54) is 10.5 Å². The van der Waals surface area contributed by atoms with Crippen LogP contribution in [0.5, 0.6) is 17.2 Å². The van der Waals surface area contributed by atoms with E-state index in [9.17, 15) is 4.79 Å². The van der Waals surface area contributed by atoms with Gasteiger partial charge >= 0.3 is 0 Å². The second-order valence-electron chi connectivity index (χ2n) is 6.63. The van der Waals surface area contributed by atoms with E-state index in [0.717, 1.165) is 38.5 Å². The Morgan fingerprint density at radius 1 is 0.926 bits per heavy atom. The number of carbonyl (C=O) groups excluding carboxylic acids is 1. The molecule has 0 spiro atoms. The van der Waals surface area contributed by atoms with Gasteiger partial charge in [-0.05, 0) is 36.4 Å². The summed E-state index contributed by atoms with van der Waals surface area (Å²) >= 11 is 0. The SMILES string of the molecule is COc1ccc(C[NH+]2CCN(C(=O)c3ccc(OC)cc3OC)CC2)cc1. The number of benzene rings is 2. The zero-order valence-corrected chi connectivity index (χ0v) is 16.2. The maximum absolute atomic E-state index is 12.9. The molecule has 0 atom stereocenters. The molecule has 0 aliphatic carbocycles. The maximum Gasteiger partial charge on any atom is 0.258 e. The van der Waals surface area contributed by atoms with Gasteiger partial charge in [0.1, 0.15) is 23.8 Å². The fourth-order valence-electron chi connectivity index (χ4n) is 3.38. The second-order valence-corrected chi connectivity index (χ2v) is 6.63. The topological polar surface area (TPSA) is 52.4 Å². The van der Waals surface area contributed by atoms with Crippen molar-refractivity contribution in [3.05, 3.63) is 53.6 Å². The third-order valence-corrected chi connectivity index (χ3v) is 5.01. The fourth-order valence-corrected chi connectivity index (χ4v) is 3.38. The Morgan fingerprint density at radius 3 is 2.15 bits per heavy atom. The summed E-state index contributed by atoms with van der Waals surface area (Å²) in [6.07, 6.45) is 0. The molecular formula is C21H27N2O4+. The first-order valence-electron chi connectivity index (χ1n) is 9.12. The lowest BCUT2D eigenvalue weighted by molar-refractivity contribution is -0.917. The van der Waals surface area contributed by atoms with Gasteiger partial charge in [0, 0.05) is 11.6 Å². The Kier molecular flexibility index (Phi) is 6.19. The first-order valence-corrected chi connectivity index (χ1v) is 9.12. The molecule has 0 radical (unpaired) electrons. The number of ether oxygens (including phenoxy) is 3. The number of nitrogens with zero attached hydrogens (tertiary/aromatic N) is 1. The molecule has 1 aliphatic heterocycles. The van der Waals surface area contributed by atoms with Crippen LogP contribution in [0.2, 0.25) is 0 Å². The van der Waals surface area contributed by atoms with Crippen LogP contribution in [0.15, 0.2) is 42.5 Å². The van der Waals surface area contributed by atoms with Gasteiger partial charge in [-0.3, -0.25) is 4.79 Å². The summed E-state index contributed by atoms with van der Waals surface area (Å²) in [5, 5.41) is 0. The van der Waals surface area contributed by atoms with E-state index in [2.05, 4.69) is 12.1 Å². The molecule has 0 bridgehead atoms. The summed E-state index contributed by atoms with van der Waals surface area (Å²) in [5.74, 6) is 2.11. The predicted octanol–water partition coefficient (Wildman–Crippen LogP) is 1.25. The molecule has 27 heavy (non-hydrogen) atoms. The summed E-state index contributed by atoms with van der Waals surface area (Å²) in [5.41, 5.74) is 1.86. The molecule has 0 unspecified atom stereocenters. The highest BCUT2D eigenvalue weighted by molar-refractivity contribution is 5.97. The molecule has 2 aromatic rings. The maximum atomic E-state index is 12.9. The van der Waals surface area contributed by atoms with Gasteiger partial charge in [-0.1, -0.05) is 0 Å². The molecule has 1 N–H and O–H groups in total. The molecule has 0 aromatic heterocycles. The van der Waals surface area contributed by atoms with Crippen LogP contribution in [-0.4, -0.2) is 58.3 Å².